The number of carbonyl (C=O) groups excluding carboxylic acids is 2. The lowest BCUT2D eigenvalue weighted by molar-refractivity contribution is -0.144. The molecule has 0 bridgehead atoms. The van der Waals surface area contributed by atoms with E-state index >= 15 is 0 Å². The molecular weight excluding hydrogens is 306 g/mol. The number of anilines is 1. The lowest BCUT2D eigenvalue weighted by Gasteiger charge is -2.28. The molecule has 5 nitrogen and oxygen atoms in total. The minimum atomic E-state index is -0.327. The first-order valence-corrected chi connectivity index (χ1v) is 7.87. The number of rotatable bonds is 5. The number of fused-ring (bicyclic) bond motifs is 1. The van der Waals surface area contributed by atoms with Gasteiger partial charge >= 0.3 is 5.97 Å². The van der Waals surface area contributed by atoms with Crippen LogP contribution >= 0.6 is 0 Å². The first-order chi connectivity index (χ1) is 11.6. The summed E-state index contributed by atoms with van der Waals surface area (Å²) in [5.74, 6) is 0.178. The molecule has 5 heteroatoms. The van der Waals surface area contributed by atoms with Crippen LogP contribution in [0.5, 0.6) is 5.75 Å². The van der Waals surface area contributed by atoms with Gasteiger partial charge in [-0.1, -0.05) is 42.0 Å². The zero-order chi connectivity index (χ0) is 16.9. The highest BCUT2D eigenvalue weighted by atomic mass is 16.5. The largest absolute Gasteiger partial charge is 0.482 e. The molecule has 0 aliphatic carbocycles. The average Bonchev–Trinajstić information content (AvgIpc) is 2.60. The molecule has 0 saturated carbocycles. The Morgan fingerprint density at radius 3 is 2.71 bits per heavy atom. The summed E-state index contributed by atoms with van der Waals surface area (Å²) in [7, 11) is 0. The van der Waals surface area contributed by atoms with E-state index in [-0.39, 0.29) is 38.1 Å². The molecule has 1 aliphatic heterocycles. The Kier molecular flexibility index (Phi) is 4.79. The third kappa shape index (κ3) is 3.74. The molecule has 3 rings (SSSR count). The Morgan fingerprint density at radius 1 is 1.17 bits per heavy atom. The van der Waals surface area contributed by atoms with Gasteiger partial charge in [-0.05, 0) is 24.6 Å². The summed E-state index contributed by atoms with van der Waals surface area (Å²) < 4.78 is 10.7. The van der Waals surface area contributed by atoms with Gasteiger partial charge in [0.05, 0.1) is 12.1 Å². The third-order valence-electron chi connectivity index (χ3n) is 3.87. The van der Waals surface area contributed by atoms with E-state index in [1.165, 1.54) is 0 Å². The smallest absolute Gasteiger partial charge is 0.307 e. The van der Waals surface area contributed by atoms with Crippen molar-refractivity contribution in [1.82, 2.24) is 0 Å². The molecule has 1 aliphatic rings. The Bertz CT molecular complexity index is 739. The van der Waals surface area contributed by atoms with Gasteiger partial charge in [0.25, 0.3) is 5.91 Å². The molecule has 0 spiro atoms. The molecule has 2 aromatic carbocycles. The van der Waals surface area contributed by atoms with Crippen molar-refractivity contribution in [2.75, 3.05) is 18.1 Å². The maximum atomic E-state index is 12.0. The molecule has 0 aromatic heterocycles. The molecule has 2 aromatic rings. The predicted octanol–water partition coefficient (Wildman–Crippen LogP) is 2.85. The van der Waals surface area contributed by atoms with E-state index in [4.69, 9.17) is 9.47 Å². The summed E-state index contributed by atoms with van der Waals surface area (Å²) in [6, 6.07) is 15.1. The number of nitrogens with zero attached hydrogens (tertiary/aromatic N) is 1. The van der Waals surface area contributed by atoms with Crippen molar-refractivity contribution in [3.05, 3.63) is 59.7 Å². The zero-order valence-corrected chi connectivity index (χ0v) is 13.5. The van der Waals surface area contributed by atoms with Gasteiger partial charge in [-0.2, -0.15) is 0 Å². The van der Waals surface area contributed by atoms with Crippen LogP contribution < -0.4 is 9.64 Å². The van der Waals surface area contributed by atoms with Crippen molar-refractivity contribution >= 4 is 17.6 Å². The summed E-state index contributed by atoms with van der Waals surface area (Å²) in [6.45, 7) is 2.53. The van der Waals surface area contributed by atoms with E-state index in [2.05, 4.69) is 0 Å². The van der Waals surface area contributed by atoms with E-state index in [0.717, 1.165) is 11.1 Å². The van der Waals surface area contributed by atoms with Gasteiger partial charge in [-0.25, -0.2) is 0 Å². The minimum absolute atomic E-state index is 0.00454. The summed E-state index contributed by atoms with van der Waals surface area (Å²) in [6.07, 6.45) is 0.145. The van der Waals surface area contributed by atoms with Crippen molar-refractivity contribution in [3.63, 3.8) is 0 Å². The topological polar surface area (TPSA) is 55.8 Å². The summed E-state index contributed by atoms with van der Waals surface area (Å²) in [4.78, 5) is 25.6. The van der Waals surface area contributed by atoms with E-state index in [9.17, 15) is 9.59 Å². The van der Waals surface area contributed by atoms with Gasteiger partial charge < -0.3 is 14.4 Å². The second-order valence-corrected chi connectivity index (χ2v) is 5.70. The van der Waals surface area contributed by atoms with Gasteiger partial charge in [0.15, 0.2) is 6.61 Å². The van der Waals surface area contributed by atoms with Gasteiger partial charge in [-0.15, -0.1) is 0 Å². The highest BCUT2D eigenvalue weighted by Gasteiger charge is 2.25. The van der Waals surface area contributed by atoms with Crippen LogP contribution in [-0.4, -0.2) is 25.0 Å². The van der Waals surface area contributed by atoms with Gasteiger partial charge in [-0.3, -0.25) is 9.59 Å². The van der Waals surface area contributed by atoms with Crippen LogP contribution in [0.4, 0.5) is 5.69 Å². The number of ether oxygens (including phenoxy) is 2. The molecule has 24 heavy (non-hydrogen) atoms. The second kappa shape index (κ2) is 7.17. The quantitative estimate of drug-likeness (QED) is 0.793. The van der Waals surface area contributed by atoms with Crippen molar-refractivity contribution in [2.24, 2.45) is 0 Å². The van der Waals surface area contributed by atoms with Gasteiger partial charge in [0, 0.05) is 6.54 Å². The minimum Gasteiger partial charge on any atom is -0.482 e. The number of amides is 1. The maximum absolute atomic E-state index is 12.0. The van der Waals surface area contributed by atoms with E-state index < -0.39 is 0 Å². The van der Waals surface area contributed by atoms with Crippen molar-refractivity contribution in [1.29, 1.82) is 0 Å². The molecule has 1 heterocycles. The zero-order valence-electron chi connectivity index (χ0n) is 13.5. The molecule has 0 saturated heterocycles. The van der Waals surface area contributed by atoms with Crippen LogP contribution in [0.2, 0.25) is 0 Å². The highest BCUT2D eigenvalue weighted by molar-refractivity contribution is 5.98. The summed E-state index contributed by atoms with van der Waals surface area (Å²) in [5.41, 5.74) is 2.80. The fourth-order valence-electron chi connectivity index (χ4n) is 2.52. The Labute approximate surface area is 140 Å². The molecule has 0 radical (unpaired) electrons. The van der Waals surface area contributed by atoms with Crippen LogP contribution in [0.15, 0.2) is 48.5 Å². The summed E-state index contributed by atoms with van der Waals surface area (Å²) in [5, 5.41) is 0. The standard InChI is InChI=1S/C19H19NO4/c1-14-6-8-15(9-7-14)12-24-19(22)10-11-20-16-4-2-3-5-17(16)23-13-18(20)21/h2-9H,10-13H2,1H3. The molecule has 0 unspecified atom stereocenters. The number of hydrogen-bond donors (Lipinski definition) is 0. The lowest BCUT2D eigenvalue weighted by atomic mass is 10.2. The third-order valence-corrected chi connectivity index (χ3v) is 3.87. The van der Waals surface area contributed by atoms with E-state index in [0.29, 0.717) is 11.4 Å². The fraction of sp³-hybridized carbons (Fsp3) is 0.263. The maximum Gasteiger partial charge on any atom is 0.307 e. The molecule has 1 amide bonds. The molecule has 124 valence electrons. The molecule has 0 fully saturated rings. The van der Waals surface area contributed by atoms with Gasteiger partial charge in [0.1, 0.15) is 12.4 Å². The van der Waals surface area contributed by atoms with Gasteiger partial charge in [0.2, 0.25) is 0 Å². The van der Waals surface area contributed by atoms with E-state index in [1.807, 2.05) is 55.5 Å². The number of carbonyl (C=O) groups is 2. The van der Waals surface area contributed by atoms with Crippen molar-refractivity contribution < 1.29 is 19.1 Å². The first-order valence-electron chi connectivity index (χ1n) is 7.87. The van der Waals surface area contributed by atoms with Crippen molar-refractivity contribution in [3.8, 4) is 5.75 Å². The normalized spacial score (nSPS) is 13.2. The Hall–Kier alpha value is -2.82. The average molecular weight is 325 g/mol. The van der Waals surface area contributed by atoms with Crippen molar-refractivity contribution in [2.45, 2.75) is 20.0 Å². The Morgan fingerprint density at radius 2 is 1.92 bits per heavy atom. The van der Waals surface area contributed by atoms with Crippen LogP contribution in [0, 0.1) is 6.92 Å². The van der Waals surface area contributed by atoms with E-state index in [1.54, 1.807) is 4.90 Å². The fourth-order valence-corrected chi connectivity index (χ4v) is 2.52. The summed E-state index contributed by atoms with van der Waals surface area (Å²) >= 11 is 0. The number of benzene rings is 2. The predicted molar refractivity (Wildman–Crippen MR) is 89.9 cm³/mol. The lowest BCUT2D eigenvalue weighted by Crippen LogP contribution is -2.40. The SMILES string of the molecule is Cc1ccc(COC(=O)CCN2C(=O)COc3ccccc32)cc1. The second-order valence-electron chi connectivity index (χ2n) is 5.70. The first kappa shape index (κ1) is 16.1. The number of esters is 1. The monoisotopic (exact) mass is 325 g/mol. The molecule has 0 atom stereocenters. The number of aryl methyl sites for hydroxylation is 1. The van der Waals surface area contributed by atoms with Crippen LogP contribution in [0.25, 0.3) is 0 Å². The van der Waals surface area contributed by atoms with Crippen LogP contribution in [0.1, 0.15) is 17.5 Å². The van der Waals surface area contributed by atoms with Crippen LogP contribution in [-0.2, 0) is 20.9 Å². The van der Waals surface area contributed by atoms with Crippen LogP contribution in [0.3, 0.4) is 0 Å². The highest BCUT2D eigenvalue weighted by Crippen LogP contribution is 2.31. The molecular formula is C19H19NO4. The Balaban J connectivity index is 1.54. The number of hydrogen-bond acceptors (Lipinski definition) is 4. The molecule has 0 N–H and O–H groups in total. The number of para-hydroxylation sites is 2.